The highest BCUT2D eigenvalue weighted by molar-refractivity contribution is 7.89. The average molecular weight is 296 g/mol. The molecule has 0 atom stereocenters. The van der Waals surface area contributed by atoms with Crippen LogP contribution in [0, 0.1) is 6.92 Å². The van der Waals surface area contributed by atoms with Gasteiger partial charge in [0, 0.05) is 12.6 Å². The Balaban J connectivity index is 1.64. The van der Waals surface area contributed by atoms with Crippen molar-refractivity contribution in [3.8, 4) is 0 Å². The third kappa shape index (κ3) is 6.03. The summed E-state index contributed by atoms with van der Waals surface area (Å²) in [5.41, 5.74) is 2.15. The van der Waals surface area contributed by atoms with Crippen molar-refractivity contribution < 1.29 is 8.42 Å². The number of hydrogen-bond acceptors (Lipinski definition) is 3. The Bertz CT molecular complexity index is 524. The van der Waals surface area contributed by atoms with Crippen LogP contribution in [0.3, 0.4) is 0 Å². The third-order valence-electron chi connectivity index (χ3n) is 3.43. The van der Waals surface area contributed by atoms with Crippen LogP contribution in [0.2, 0.25) is 0 Å². The van der Waals surface area contributed by atoms with Gasteiger partial charge in [-0.2, -0.15) is 0 Å². The fourth-order valence-electron chi connectivity index (χ4n) is 2.10. The number of benzene rings is 1. The van der Waals surface area contributed by atoms with Gasteiger partial charge in [-0.25, -0.2) is 13.1 Å². The number of sulfonamides is 1. The van der Waals surface area contributed by atoms with Crippen LogP contribution >= 0.6 is 0 Å². The zero-order chi connectivity index (χ0) is 14.4. The van der Waals surface area contributed by atoms with E-state index in [1.807, 2.05) is 31.2 Å². The van der Waals surface area contributed by atoms with Crippen LogP contribution in [0.5, 0.6) is 0 Å². The minimum Gasteiger partial charge on any atom is -0.314 e. The van der Waals surface area contributed by atoms with Crippen LogP contribution in [0.25, 0.3) is 0 Å². The lowest BCUT2D eigenvalue weighted by molar-refractivity contribution is 0.572. The van der Waals surface area contributed by atoms with Crippen molar-refractivity contribution in [3.05, 3.63) is 35.4 Å². The normalized spacial score (nSPS) is 15.4. The molecule has 20 heavy (non-hydrogen) atoms. The van der Waals surface area contributed by atoms with Crippen LogP contribution in [0.15, 0.2) is 24.3 Å². The Morgan fingerprint density at radius 1 is 1.25 bits per heavy atom. The minimum atomic E-state index is -3.16. The molecule has 0 aromatic heterocycles. The summed E-state index contributed by atoms with van der Waals surface area (Å²) in [7, 11) is -3.16. The number of nitrogens with one attached hydrogen (secondary N) is 2. The lowest BCUT2D eigenvalue weighted by atomic mass is 10.1. The quantitative estimate of drug-likeness (QED) is 0.685. The van der Waals surface area contributed by atoms with E-state index in [9.17, 15) is 8.42 Å². The maximum atomic E-state index is 11.9. The average Bonchev–Trinajstić information content (AvgIpc) is 3.20. The molecule has 0 unspecified atom stereocenters. The van der Waals surface area contributed by atoms with E-state index in [0.29, 0.717) is 19.0 Å². The first-order chi connectivity index (χ1) is 9.55. The molecule has 1 aliphatic carbocycles. The first-order valence-electron chi connectivity index (χ1n) is 7.31. The zero-order valence-corrected chi connectivity index (χ0v) is 12.9. The fraction of sp³-hybridized carbons (Fsp3) is 0.600. The molecule has 5 heteroatoms. The highest BCUT2D eigenvalue weighted by Crippen LogP contribution is 2.18. The van der Waals surface area contributed by atoms with Gasteiger partial charge >= 0.3 is 0 Å². The number of aryl methyl sites for hydroxylation is 1. The molecule has 2 N–H and O–H groups in total. The Hall–Kier alpha value is -0.910. The molecule has 0 saturated heterocycles. The van der Waals surface area contributed by atoms with Crippen molar-refractivity contribution in [2.75, 3.05) is 12.3 Å². The van der Waals surface area contributed by atoms with Crippen molar-refractivity contribution >= 4 is 10.0 Å². The second kappa shape index (κ2) is 7.20. The Morgan fingerprint density at radius 2 is 2.05 bits per heavy atom. The maximum absolute atomic E-state index is 11.9. The molecule has 1 fully saturated rings. The summed E-state index contributed by atoms with van der Waals surface area (Å²) in [6, 6.07) is 8.59. The number of unbranched alkanes of at least 4 members (excludes halogenated alkanes) is 1. The summed E-state index contributed by atoms with van der Waals surface area (Å²) in [5, 5.41) is 3.39. The van der Waals surface area contributed by atoms with Crippen LogP contribution in [0.1, 0.15) is 36.8 Å². The standard InChI is InChI=1S/C15H24N2O2S/c1-13-5-4-6-14(11-13)12-17-20(18,19)10-3-2-9-16-15-7-8-15/h4-6,11,15-17H,2-3,7-10,12H2,1H3. The molecular weight excluding hydrogens is 272 g/mol. The van der Waals surface area contributed by atoms with Crippen LogP contribution in [-0.2, 0) is 16.6 Å². The molecule has 112 valence electrons. The minimum absolute atomic E-state index is 0.213. The van der Waals surface area contributed by atoms with E-state index < -0.39 is 10.0 Å². The Labute approximate surface area is 122 Å². The van der Waals surface area contributed by atoms with Gasteiger partial charge in [0.1, 0.15) is 0 Å². The first-order valence-corrected chi connectivity index (χ1v) is 8.97. The van der Waals surface area contributed by atoms with Gasteiger partial charge in [0.25, 0.3) is 0 Å². The van der Waals surface area contributed by atoms with Crippen molar-refractivity contribution in [2.24, 2.45) is 0 Å². The number of rotatable bonds is 9. The highest BCUT2D eigenvalue weighted by Gasteiger charge is 2.19. The van der Waals surface area contributed by atoms with Gasteiger partial charge in [0.05, 0.1) is 5.75 Å². The first kappa shape index (κ1) is 15.5. The van der Waals surface area contributed by atoms with Gasteiger partial charge in [-0.1, -0.05) is 29.8 Å². The van der Waals surface area contributed by atoms with Gasteiger partial charge in [0.2, 0.25) is 10.0 Å². The topological polar surface area (TPSA) is 58.2 Å². The van der Waals surface area contributed by atoms with Gasteiger partial charge in [-0.05, 0) is 44.7 Å². The summed E-state index contributed by atoms with van der Waals surface area (Å²) >= 11 is 0. The summed E-state index contributed by atoms with van der Waals surface area (Å²) < 4.78 is 26.4. The van der Waals surface area contributed by atoms with Crippen LogP contribution in [-0.4, -0.2) is 26.8 Å². The number of hydrogen-bond donors (Lipinski definition) is 2. The maximum Gasteiger partial charge on any atom is 0.211 e. The summed E-state index contributed by atoms with van der Waals surface area (Å²) in [6.07, 6.45) is 4.18. The van der Waals surface area contributed by atoms with Crippen molar-refractivity contribution in [1.82, 2.24) is 10.0 Å². The molecule has 1 saturated carbocycles. The molecule has 2 rings (SSSR count). The van der Waals surface area contributed by atoms with Crippen molar-refractivity contribution in [1.29, 1.82) is 0 Å². The van der Waals surface area contributed by atoms with E-state index in [1.54, 1.807) is 0 Å². The SMILES string of the molecule is Cc1cccc(CNS(=O)(=O)CCCCNC2CC2)c1. The van der Waals surface area contributed by atoms with Crippen LogP contribution in [0.4, 0.5) is 0 Å². The molecule has 1 aromatic rings. The van der Waals surface area contributed by atoms with Gasteiger partial charge in [-0.3, -0.25) is 0 Å². The molecule has 0 spiro atoms. The highest BCUT2D eigenvalue weighted by atomic mass is 32.2. The van der Waals surface area contributed by atoms with E-state index in [4.69, 9.17) is 0 Å². The molecule has 1 aromatic carbocycles. The monoisotopic (exact) mass is 296 g/mol. The smallest absolute Gasteiger partial charge is 0.211 e. The molecule has 4 nitrogen and oxygen atoms in total. The van der Waals surface area contributed by atoms with Gasteiger partial charge < -0.3 is 5.32 Å². The van der Waals surface area contributed by atoms with E-state index >= 15 is 0 Å². The Kier molecular flexibility index (Phi) is 5.57. The lowest BCUT2D eigenvalue weighted by Crippen LogP contribution is -2.26. The van der Waals surface area contributed by atoms with Gasteiger partial charge in [0.15, 0.2) is 0 Å². The second-order valence-electron chi connectivity index (χ2n) is 5.56. The molecule has 0 bridgehead atoms. The largest absolute Gasteiger partial charge is 0.314 e. The molecule has 0 radical (unpaired) electrons. The van der Waals surface area contributed by atoms with E-state index in [2.05, 4.69) is 10.0 Å². The van der Waals surface area contributed by atoms with E-state index in [1.165, 1.54) is 12.8 Å². The predicted octanol–water partition coefficient (Wildman–Crippen LogP) is 1.95. The van der Waals surface area contributed by atoms with Crippen molar-refractivity contribution in [2.45, 2.75) is 45.2 Å². The molecule has 0 aliphatic heterocycles. The second-order valence-corrected chi connectivity index (χ2v) is 7.49. The molecule has 0 heterocycles. The Morgan fingerprint density at radius 3 is 2.75 bits per heavy atom. The van der Waals surface area contributed by atoms with Gasteiger partial charge in [-0.15, -0.1) is 0 Å². The van der Waals surface area contributed by atoms with E-state index in [-0.39, 0.29) is 5.75 Å². The summed E-state index contributed by atoms with van der Waals surface area (Å²) in [6.45, 7) is 3.31. The lowest BCUT2D eigenvalue weighted by Gasteiger charge is -2.07. The fourth-order valence-corrected chi connectivity index (χ4v) is 3.21. The predicted molar refractivity (Wildman–Crippen MR) is 82.1 cm³/mol. The van der Waals surface area contributed by atoms with Crippen LogP contribution < -0.4 is 10.0 Å². The van der Waals surface area contributed by atoms with Crippen molar-refractivity contribution in [3.63, 3.8) is 0 Å². The molecular formula is C15H24N2O2S. The third-order valence-corrected chi connectivity index (χ3v) is 4.84. The summed E-state index contributed by atoms with van der Waals surface area (Å²) in [5.74, 6) is 0.213. The summed E-state index contributed by atoms with van der Waals surface area (Å²) in [4.78, 5) is 0. The zero-order valence-electron chi connectivity index (χ0n) is 12.1. The molecule has 0 amide bonds. The van der Waals surface area contributed by atoms with E-state index in [0.717, 1.165) is 24.1 Å². The molecule has 1 aliphatic rings.